The van der Waals surface area contributed by atoms with Gasteiger partial charge in [-0.2, -0.15) is 0 Å². The number of aromatic nitrogens is 3. The number of para-hydroxylation sites is 5. The average molecular weight is 719 g/mol. The van der Waals surface area contributed by atoms with Gasteiger partial charge in [0.2, 0.25) is 0 Å². The quantitative estimate of drug-likeness (QED) is 0.171. The van der Waals surface area contributed by atoms with Gasteiger partial charge in [-0.05, 0) is 119 Å². The van der Waals surface area contributed by atoms with Crippen LogP contribution in [0.15, 0.2) is 194 Å². The van der Waals surface area contributed by atoms with Gasteiger partial charge in [-0.15, -0.1) is 0 Å². The first-order chi connectivity index (χ1) is 27.5. The minimum absolute atomic E-state index is 0.124. The molecule has 0 radical (unpaired) electrons. The summed E-state index contributed by atoms with van der Waals surface area (Å²) in [4.78, 5) is 7.58. The number of anilines is 3. The highest BCUT2D eigenvalue weighted by Gasteiger charge is 2.35. The molecular weight excluding hydrogens is 681 g/mol. The van der Waals surface area contributed by atoms with Crippen molar-refractivity contribution in [2.45, 2.75) is 19.3 Å². The van der Waals surface area contributed by atoms with E-state index in [1.165, 1.54) is 44.1 Å². The fourth-order valence-electron chi connectivity index (χ4n) is 9.05. The van der Waals surface area contributed by atoms with Crippen molar-refractivity contribution >= 4 is 49.9 Å². The molecule has 0 N–H and O–H groups in total. The molecule has 0 unspecified atom stereocenters. The van der Waals surface area contributed by atoms with Crippen molar-refractivity contribution in [3.63, 3.8) is 0 Å². The van der Waals surface area contributed by atoms with Gasteiger partial charge in [0.25, 0.3) is 0 Å². The molecule has 10 aromatic rings. The smallest absolute Gasteiger partial charge is 0.145 e. The molecule has 0 spiro atoms. The van der Waals surface area contributed by atoms with Crippen LogP contribution in [0.3, 0.4) is 0 Å². The zero-order valence-electron chi connectivity index (χ0n) is 31.3. The molecule has 4 nitrogen and oxygen atoms in total. The molecule has 0 aliphatic heterocycles. The fourth-order valence-corrected chi connectivity index (χ4v) is 9.05. The summed E-state index contributed by atoms with van der Waals surface area (Å²) >= 11 is 0. The second kappa shape index (κ2) is 12.4. The molecule has 4 heteroatoms. The molecule has 266 valence electrons. The third-order valence-electron chi connectivity index (χ3n) is 11.7. The first-order valence-corrected chi connectivity index (χ1v) is 19.3. The normalized spacial score (nSPS) is 13.0. The topological polar surface area (TPSA) is 26.0 Å². The van der Waals surface area contributed by atoms with E-state index in [9.17, 15) is 0 Å². The highest BCUT2D eigenvalue weighted by Crippen LogP contribution is 2.51. The maximum Gasteiger partial charge on any atom is 0.145 e. The zero-order chi connectivity index (χ0) is 37.4. The summed E-state index contributed by atoms with van der Waals surface area (Å²) in [6.45, 7) is 4.70. The van der Waals surface area contributed by atoms with Gasteiger partial charge in [-0.1, -0.05) is 111 Å². The molecule has 1 aliphatic rings. The van der Waals surface area contributed by atoms with Gasteiger partial charge in [-0.3, -0.25) is 4.57 Å². The lowest BCUT2D eigenvalue weighted by Gasteiger charge is -2.28. The van der Waals surface area contributed by atoms with Crippen molar-refractivity contribution in [1.82, 2.24) is 14.1 Å². The van der Waals surface area contributed by atoms with Crippen LogP contribution in [0.2, 0.25) is 0 Å². The average Bonchev–Trinajstić information content (AvgIpc) is 3.88. The summed E-state index contributed by atoms with van der Waals surface area (Å²) in [6, 6.07) is 70.0. The Morgan fingerprint density at radius 2 is 1.00 bits per heavy atom. The largest absolute Gasteiger partial charge is 0.310 e. The summed E-state index contributed by atoms with van der Waals surface area (Å²) in [5.74, 6) is 0.919. The summed E-state index contributed by atoms with van der Waals surface area (Å²) in [6.07, 6.45) is 0. The Morgan fingerprint density at radius 1 is 0.429 bits per heavy atom. The summed E-state index contributed by atoms with van der Waals surface area (Å²) in [5.41, 5.74) is 16.3. The number of nitrogens with zero attached hydrogens (tertiary/aromatic N) is 4. The molecular formula is C52H38N4. The number of hydrogen-bond acceptors (Lipinski definition) is 2. The first-order valence-electron chi connectivity index (χ1n) is 19.3. The minimum atomic E-state index is -0.124. The van der Waals surface area contributed by atoms with Gasteiger partial charge in [0, 0.05) is 50.2 Å². The monoisotopic (exact) mass is 718 g/mol. The van der Waals surface area contributed by atoms with Gasteiger partial charge >= 0.3 is 0 Å². The van der Waals surface area contributed by atoms with Gasteiger partial charge < -0.3 is 9.47 Å². The van der Waals surface area contributed by atoms with Gasteiger partial charge in [-0.25, -0.2) is 4.98 Å². The van der Waals surface area contributed by atoms with Crippen molar-refractivity contribution < 1.29 is 0 Å². The van der Waals surface area contributed by atoms with E-state index >= 15 is 0 Å². The second-order valence-corrected chi connectivity index (χ2v) is 15.3. The summed E-state index contributed by atoms with van der Waals surface area (Å²) in [7, 11) is 0. The molecule has 0 saturated heterocycles. The van der Waals surface area contributed by atoms with Gasteiger partial charge in [0.15, 0.2) is 0 Å². The Labute approximate surface area is 326 Å². The first kappa shape index (κ1) is 32.3. The SMILES string of the molecule is CC1(C)c2ccccc2-c2ccc(N(c3ccc(-c4nc5ccccc5n4-c4ccccc4)cc3)c3ccc4c(c3)c3ccccc3n4-c3ccccc3)cc21. The van der Waals surface area contributed by atoms with E-state index in [0.717, 1.165) is 50.9 Å². The number of benzene rings is 8. The van der Waals surface area contributed by atoms with Crippen LogP contribution in [0, 0.1) is 0 Å². The number of hydrogen-bond donors (Lipinski definition) is 0. The molecule has 0 fully saturated rings. The van der Waals surface area contributed by atoms with Gasteiger partial charge in [0.1, 0.15) is 5.82 Å². The second-order valence-electron chi connectivity index (χ2n) is 15.3. The third-order valence-corrected chi connectivity index (χ3v) is 11.7. The Kier molecular flexibility index (Phi) is 7.17. The molecule has 0 atom stereocenters. The highest BCUT2D eigenvalue weighted by atomic mass is 15.1. The van der Waals surface area contributed by atoms with Crippen LogP contribution >= 0.6 is 0 Å². The van der Waals surface area contributed by atoms with E-state index in [4.69, 9.17) is 4.98 Å². The van der Waals surface area contributed by atoms with E-state index in [0.29, 0.717) is 0 Å². The standard InChI is InChI=1S/C52H38N4/c1-52(2)45-21-11-9-19-41(45)42-31-29-40(34-46(42)52)54(39-30-32-49-44(33-39)43-20-10-13-23-48(43)55(49)36-15-5-3-6-16-36)38-27-25-35(26-28-38)51-53-47-22-12-14-24-50(47)56(51)37-17-7-4-8-18-37/h3-34H,1-2H3. The number of fused-ring (bicyclic) bond motifs is 7. The molecule has 1 aliphatic carbocycles. The minimum Gasteiger partial charge on any atom is -0.310 e. The molecule has 11 rings (SSSR count). The maximum atomic E-state index is 5.16. The molecule has 2 aromatic heterocycles. The van der Waals surface area contributed by atoms with Crippen LogP contribution in [-0.2, 0) is 5.41 Å². The highest BCUT2D eigenvalue weighted by molar-refractivity contribution is 6.10. The van der Waals surface area contributed by atoms with Crippen molar-refractivity contribution in [3.8, 4) is 33.9 Å². The van der Waals surface area contributed by atoms with Crippen molar-refractivity contribution in [2.75, 3.05) is 4.90 Å². The van der Waals surface area contributed by atoms with Crippen molar-refractivity contribution in [3.05, 3.63) is 205 Å². The molecule has 8 aromatic carbocycles. The van der Waals surface area contributed by atoms with Crippen LogP contribution in [0.1, 0.15) is 25.0 Å². The molecule has 0 bridgehead atoms. The fraction of sp³-hybridized carbons (Fsp3) is 0.0577. The molecule has 56 heavy (non-hydrogen) atoms. The number of rotatable bonds is 6. The lowest BCUT2D eigenvalue weighted by atomic mass is 9.82. The van der Waals surface area contributed by atoms with Gasteiger partial charge in [0.05, 0.1) is 22.1 Å². The summed E-state index contributed by atoms with van der Waals surface area (Å²) in [5, 5.41) is 2.45. The van der Waals surface area contributed by atoms with Crippen LogP contribution in [0.4, 0.5) is 17.1 Å². The van der Waals surface area contributed by atoms with E-state index in [-0.39, 0.29) is 5.41 Å². The predicted molar refractivity (Wildman–Crippen MR) is 233 cm³/mol. The van der Waals surface area contributed by atoms with Crippen LogP contribution in [0.5, 0.6) is 0 Å². The number of imidazole rings is 1. The van der Waals surface area contributed by atoms with Crippen LogP contribution in [-0.4, -0.2) is 14.1 Å². The van der Waals surface area contributed by atoms with E-state index in [2.05, 4.69) is 222 Å². The molecule has 0 amide bonds. The summed E-state index contributed by atoms with van der Waals surface area (Å²) < 4.78 is 4.64. The molecule has 2 heterocycles. The van der Waals surface area contributed by atoms with Crippen molar-refractivity contribution in [1.29, 1.82) is 0 Å². The van der Waals surface area contributed by atoms with E-state index in [1.807, 2.05) is 0 Å². The molecule has 0 saturated carbocycles. The Hall–Kier alpha value is -7.17. The Morgan fingerprint density at radius 3 is 1.79 bits per heavy atom. The maximum absolute atomic E-state index is 5.16. The van der Waals surface area contributed by atoms with Crippen LogP contribution in [0.25, 0.3) is 66.7 Å². The zero-order valence-corrected chi connectivity index (χ0v) is 31.3. The predicted octanol–water partition coefficient (Wildman–Crippen LogP) is 13.6. The van der Waals surface area contributed by atoms with Crippen molar-refractivity contribution in [2.24, 2.45) is 0 Å². The lowest BCUT2D eigenvalue weighted by Crippen LogP contribution is -2.16. The third kappa shape index (κ3) is 4.89. The van der Waals surface area contributed by atoms with Crippen LogP contribution < -0.4 is 4.90 Å². The van der Waals surface area contributed by atoms with E-state index in [1.54, 1.807) is 0 Å². The lowest BCUT2D eigenvalue weighted by molar-refractivity contribution is 0.660. The Bertz CT molecular complexity index is 3100. The Balaban J connectivity index is 1.10. The van der Waals surface area contributed by atoms with E-state index < -0.39 is 0 Å².